The summed E-state index contributed by atoms with van der Waals surface area (Å²) in [4.78, 5) is 24.0. The zero-order chi connectivity index (χ0) is 17.3. The van der Waals surface area contributed by atoms with Gasteiger partial charge < -0.3 is 20.4 Å². The number of nitro benzene ring substituents is 1. The molecule has 124 valence electrons. The number of aliphatic hydroxyl groups is 1. The Morgan fingerprint density at radius 1 is 1.25 bits per heavy atom. The van der Waals surface area contributed by atoms with E-state index in [1.807, 2.05) is 0 Å². The third-order valence-corrected chi connectivity index (χ3v) is 3.94. The molecular weight excluding hydrogens is 314 g/mol. The van der Waals surface area contributed by atoms with Crippen molar-refractivity contribution in [3.8, 4) is 0 Å². The second-order valence-corrected chi connectivity index (χ2v) is 5.28. The minimum absolute atomic E-state index is 0.0670. The van der Waals surface area contributed by atoms with E-state index in [0.29, 0.717) is 16.9 Å². The number of carboxylic acids is 1. The third-order valence-electron chi connectivity index (χ3n) is 3.94. The quantitative estimate of drug-likeness (QED) is 0.569. The number of nitrogens with zero attached hydrogens (tertiary/aromatic N) is 2. The molecule has 0 fully saturated rings. The van der Waals surface area contributed by atoms with Crippen LogP contribution in [-0.2, 0) is 0 Å². The molecule has 0 saturated carbocycles. The third kappa shape index (κ3) is 2.52. The van der Waals surface area contributed by atoms with Crippen molar-refractivity contribution in [3.05, 3.63) is 63.7 Å². The van der Waals surface area contributed by atoms with Crippen molar-refractivity contribution in [2.75, 3.05) is 23.4 Å². The van der Waals surface area contributed by atoms with E-state index in [9.17, 15) is 25.1 Å². The number of rotatable bonds is 5. The van der Waals surface area contributed by atoms with Crippen LogP contribution >= 0.6 is 0 Å². The molecule has 0 aromatic heterocycles. The summed E-state index contributed by atoms with van der Waals surface area (Å²) in [6.45, 7) is 0.0370. The van der Waals surface area contributed by atoms with Gasteiger partial charge in [0, 0.05) is 12.6 Å². The first-order chi connectivity index (χ1) is 11.5. The maximum Gasteiger partial charge on any atom is 0.337 e. The normalized spacial score (nSPS) is 15.7. The number of fused-ring (bicyclic) bond motifs is 1. The predicted octanol–water partition coefficient (Wildman–Crippen LogP) is 2.22. The SMILES string of the molecule is O=C(O)c1cccc2c1NC(c1ccccc1[N+](=O)[O-])N2CCO. The Morgan fingerprint density at radius 3 is 2.67 bits per heavy atom. The molecule has 2 aromatic rings. The van der Waals surface area contributed by atoms with Crippen LogP contribution in [0.4, 0.5) is 17.1 Å². The number of nitrogens with one attached hydrogen (secondary N) is 1. The molecule has 1 unspecified atom stereocenters. The first-order valence-electron chi connectivity index (χ1n) is 7.28. The van der Waals surface area contributed by atoms with E-state index in [1.165, 1.54) is 12.1 Å². The second kappa shape index (κ2) is 6.17. The fourth-order valence-corrected chi connectivity index (χ4v) is 2.95. The number of anilines is 2. The number of aliphatic hydroxyl groups excluding tert-OH is 1. The van der Waals surface area contributed by atoms with Gasteiger partial charge in [-0.1, -0.05) is 18.2 Å². The maximum absolute atomic E-state index is 11.4. The standard InChI is InChI=1S/C16H15N3O5/c20-9-8-18-13-7-3-5-11(16(21)22)14(13)17-15(18)10-4-1-2-6-12(10)19(23)24/h1-7,15,17,20H,8-9H2,(H,21,22). The number of carboxylic acid groups (broad SMARTS) is 1. The molecule has 1 heterocycles. The van der Waals surface area contributed by atoms with Gasteiger partial charge in [-0.2, -0.15) is 0 Å². The van der Waals surface area contributed by atoms with Crippen molar-refractivity contribution in [3.63, 3.8) is 0 Å². The highest BCUT2D eigenvalue weighted by Crippen LogP contribution is 2.44. The monoisotopic (exact) mass is 329 g/mol. The van der Waals surface area contributed by atoms with Crippen molar-refractivity contribution in [2.24, 2.45) is 0 Å². The minimum atomic E-state index is -1.09. The number of hydrogen-bond donors (Lipinski definition) is 3. The number of para-hydroxylation sites is 2. The molecule has 1 atom stereocenters. The molecule has 2 aromatic carbocycles. The van der Waals surface area contributed by atoms with Crippen molar-refractivity contribution in [1.82, 2.24) is 0 Å². The van der Waals surface area contributed by atoms with Crippen LogP contribution in [0.25, 0.3) is 0 Å². The highest BCUT2D eigenvalue weighted by atomic mass is 16.6. The molecule has 0 spiro atoms. The average molecular weight is 329 g/mol. The molecule has 3 rings (SSSR count). The zero-order valence-electron chi connectivity index (χ0n) is 12.5. The molecule has 0 amide bonds. The van der Waals surface area contributed by atoms with E-state index in [-0.39, 0.29) is 24.4 Å². The largest absolute Gasteiger partial charge is 0.478 e. The van der Waals surface area contributed by atoms with E-state index in [0.717, 1.165) is 0 Å². The van der Waals surface area contributed by atoms with Gasteiger partial charge in [-0.3, -0.25) is 10.1 Å². The first-order valence-corrected chi connectivity index (χ1v) is 7.28. The molecular formula is C16H15N3O5. The van der Waals surface area contributed by atoms with Gasteiger partial charge in [-0.05, 0) is 18.2 Å². The Kier molecular flexibility index (Phi) is 4.05. The van der Waals surface area contributed by atoms with Gasteiger partial charge in [0.25, 0.3) is 5.69 Å². The van der Waals surface area contributed by atoms with E-state index in [4.69, 9.17) is 0 Å². The molecule has 3 N–H and O–H groups in total. The Balaban J connectivity index is 2.12. The Morgan fingerprint density at radius 2 is 2.00 bits per heavy atom. The fraction of sp³-hybridized carbons (Fsp3) is 0.188. The lowest BCUT2D eigenvalue weighted by atomic mass is 10.1. The summed E-state index contributed by atoms with van der Waals surface area (Å²) in [6.07, 6.45) is -0.630. The lowest BCUT2D eigenvalue weighted by Gasteiger charge is -2.26. The highest BCUT2D eigenvalue weighted by Gasteiger charge is 2.35. The van der Waals surface area contributed by atoms with Gasteiger partial charge in [-0.25, -0.2) is 4.79 Å². The van der Waals surface area contributed by atoms with Crippen molar-refractivity contribution in [1.29, 1.82) is 0 Å². The molecule has 0 aliphatic carbocycles. The Bertz CT molecular complexity index is 808. The van der Waals surface area contributed by atoms with E-state index >= 15 is 0 Å². The molecule has 1 aliphatic rings. The lowest BCUT2D eigenvalue weighted by Crippen LogP contribution is -2.31. The van der Waals surface area contributed by atoms with Gasteiger partial charge in [-0.15, -0.1) is 0 Å². The Labute approximate surface area is 137 Å². The van der Waals surface area contributed by atoms with Crippen LogP contribution in [0.3, 0.4) is 0 Å². The van der Waals surface area contributed by atoms with Gasteiger partial charge in [0.1, 0.15) is 6.17 Å². The van der Waals surface area contributed by atoms with E-state index in [1.54, 1.807) is 35.2 Å². The lowest BCUT2D eigenvalue weighted by molar-refractivity contribution is -0.385. The first kappa shape index (κ1) is 15.8. The van der Waals surface area contributed by atoms with Crippen molar-refractivity contribution < 1.29 is 19.9 Å². The number of β-amino-alcohol motifs (C(OH)–C–C–N with tert-alkyl or cyclic N) is 1. The summed E-state index contributed by atoms with van der Waals surface area (Å²) in [5.74, 6) is -1.09. The van der Waals surface area contributed by atoms with Crippen LogP contribution in [0.1, 0.15) is 22.1 Å². The Hall–Kier alpha value is -3.13. The summed E-state index contributed by atoms with van der Waals surface area (Å²) < 4.78 is 0. The number of benzene rings is 2. The summed E-state index contributed by atoms with van der Waals surface area (Å²) in [7, 11) is 0. The van der Waals surface area contributed by atoms with E-state index in [2.05, 4.69) is 5.32 Å². The molecule has 8 heteroatoms. The summed E-state index contributed by atoms with van der Waals surface area (Å²) >= 11 is 0. The number of carbonyl (C=O) groups is 1. The second-order valence-electron chi connectivity index (χ2n) is 5.28. The fourth-order valence-electron chi connectivity index (χ4n) is 2.95. The molecule has 24 heavy (non-hydrogen) atoms. The summed E-state index contributed by atoms with van der Waals surface area (Å²) in [5.41, 5.74) is 1.40. The van der Waals surface area contributed by atoms with Gasteiger partial charge in [0.15, 0.2) is 0 Å². The van der Waals surface area contributed by atoms with Gasteiger partial charge in [0.05, 0.1) is 34.0 Å². The predicted molar refractivity (Wildman–Crippen MR) is 87.3 cm³/mol. The topological polar surface area (TPSA) is 116 Å². The molecule has 0 saturated heterocycles. The average Bonchev–Trinajstić information content (AvgIpc) is 2.93. The number of hydrogen-bond acceptors (Lipinski definition) is 6. The van der Waals surface area contributed by atoms with Crippen molar-refractivity contribution in [2.45, 2.75) is 6.17 Å². The number of aromatic carboxylic acids is 1. The molecule has 0 bridgehead atoms. The van der Waals surface area contributed by atoms with E-state index < -0.39 is 17.1 Å². The van der Waals surface area contributed by atoms with Crippen LogP contribution in [0.5, 0.6) is 0 Å². The molecule has 0 radical (unpaired) electrons. The summed E-state index contributed by atoms with van der Waals surface area (Å²) in [6, 6.07) is 11.1. The van der Waals surface area contributed by atoms with Gasteiger partial charge >= 0.3 is 5.97 Å². The summed E-state index contributed by atoms with van der Waals surface area (Å²) in [5, 5.41) is 33.1. The highest BCUT2D eigenvalue weighted by molar-refractivity contribution is 5.99. The maximum atomic E-state index is 11.4. The molecule has 8 nitrogen and oxygen atoms in total. The van der Waals surface area contributed by atoms with Crippen LogP contribution < -0.4 is 10.2 Å². The smallest absolute Gasteiger partial charge is 0.337 e. The van der Waals surface area contributed by atoms with Crippen LogP contribution in [0, 0.1) is 10.1 Å². The van der Waals surface area contributed by atoms with Gasteiger partial charge in [0.2, 0.25) is 0 Å². The van der Waals surface area contributed by atoms with Crippen LogP contribution in [-0.4, -0.2) is 34.3 Å². The van der Waals surface area contributed by atoms with Crippen molar-refractivity contribution >= 4 is 23.0 Å². The van der Waals surface area contributed by atoms with Crippen LogP contribution in [0.2, 0.25) is 0 Å². The number of nitro groups is 1. The van der Waals surface area contributed by atoms with Crippen LogP contribution in [0.15, 0.2) is 42.5 Å². The zero-order valence-corrected chi connectivity index (χ0v) is 12.5. The molecule has 1 aliphatic heterocycles. The minimum Gasteiger partial charge on any atom is -0.478 e.